The standard InChI is InChI=1S/C21H16N2/c22-21-9-7-15(8-10-21)17-5-3-16-4-6-18(13-20(16)12-17)19-2-1-11-23-14-19/h1-14H,22H2. The molecule has 2 N–H and O–H groups in total. The fourth-order valence-corrected chi connectivity index (χ4v) is 2.81. The highest BCUT2D eigenvalue weighted by Crippen LogP contribution is 2.28. The van der Waals surface area contributed by atoms with Gasteiger partial charge < -0.3 is 5.73 Å². The first-order valence-electron chi connectivity index (χ1n) is 7.60. The van der Waals surface area contributed by atoms with E-state index in [0.29, 0.717) is 0 Å². The van der Waals surface area contributed by atoms with Crippen LogP contribution in [0.2, 0.25) is 0 Å². The van der Waals surface area contributed by atoms with Gasteiger partial charge in [0.25, 0.3) is 0 Å². The third kappa shape index (κ3) is 2.67. The van der Waals surface area contributed by atoms with E-state index in [9.17, 15) is 0 Å². The zero-order valence-electron chi connectivity index (χ0n) is 12.6. The Morgan fingerprint density at radius 1 is 0.609 bits per heavy atom. The van der Waals surface area contributed by atoms with Crippen LogP contribution in [0.15, 0.2) is 85.2 Å². The predicted molar refractivity (Wildman–Crippen MR) is 97.0 cm³/mol. The van der Waals surface area contributed by atoms with Crippen molar-refractivity contribution in [1.82, 2.24) is 4.98 Å². The highest BCUT2D eigenvalue weighted by Gasteiger charge is 2.03. The number of aromatic nitrogens is 1. The van der Waals surface area contributed by atoms with Gasteiger partial charge in [0.2, 0.25) is 0 Å². The molecule has 0 saturated heterocycles. The van der Waals surface area contributed by atoms with Gasteiger partial charge in [-0.25, -0.2) is 0 Å². The maximum atomic E-state index is 5.77. The van der Waals surface area contributed by atoms with Gasteiger partial charge in [-0.3, -0.25) is 4.98 Å². The predicted octanol–water partition coefficient (Wildman–Crippen LogP) is 5.15. The van der Waals surface area contributed by atoms with Crippen LogP contribution in [-0.4, -0.2) is 4.98 Å². The number of nitrogens with two attached hydrogens (primary N) is 1. The second-order valence-corrected chi connectivity index (χ2v) is 5.64. The average Bonchev–Trinajstić information content (AvgIpc) is 2.62. The number of nitrogen functional groups attached to an aromatic ring is 1. The topological polar surface area (TPSA) is 38.9 Å². The molecule has 1 aromatic heterocycles. The molecule has 0 aliphatic heterocycles. The van der Waals surface area contributed by atoms with Gasteiger partial charge >= 0.3 is 0 Å². The number of hydrogen-bond acceptors (Lipinski definition) is 2. The zero-order chi connectivity index (χ0) is 15.6. The van der Waals surface area contributed by atoms with Crippen LogP contribution in [0.1, 0.15) is 0 Å². The summed E-state index contributed by atoms with van der Waals surface area (Å²) in [5.74, 6) is 0. The van der Waals surface area contributed by atoms with Crippen LogP contribution in [0.3, 0.4) is 0 Å². The third-order valence-corrected chi connectivity index (χ3v) is 4.08. The van der Waals surface area contributed by atoms with Crippen LogP contribution in [0.5, 0.6) is 0 Å². The Balaban J connectivity index is 1.82. The Morgan fingerprint density at radius 3 is 1.91 bits per heavy atom. The van der Waals surface area contributed by atoms with Crippen molar-refractivity contribution in [2.75, 3.05) is 5.73 Å². The van der Waals surface area contributed by atoms with E-state index < -0.39 is 0 Å². The SMILES string of the molecule is Nc1ccc(-c2ccc3ccc(-c4cccnc4)cc3c2)cc1. The lowest BCUT2D eigenvalue weighted by atomic mass is 9.98. The third-order valence-electron chi connectivity index (χ3n) is 4.08. The number of rotatable bonds is 2. The largest absolute Gasteiger partial charge is 0.399 e. The quantitative estimate of drug-likeness (QED) is 0.519. The summed E-state index contributed by atoms with van der Waals surface area (Å²) in [6.45, 7) is 0. The normalized spacial score (nSPS) is 10.8. The molecule has 0 bridgehead atoms. The second kappa shape index (κ2) is 5.58. The molecule has 3 aromatic carbocycles. The molecule has 0 fully saturated rings. The molecule has 0 amide bonds. The van der Waals surface area contributed by atoms with E-state index in [1.165, 1.54) is 27.5 Å². The molecule has 23 heavy (non-hydrogen) atoms. The maximum Gasteiger partial charge on any atom is 0.0346 e. The van der Waals surface area contributed by atoms with Crippen molar-refractivity contribution in [3.8, 4) is 22.3 Å². The van der Waals surface area contributed by atoms with Crippen LogP contribution in [-0.2, 0) is 0 Å². The summed E-state index contributed by atoms with van der Waals surface area (Å²) in [5.41, 5.74) is 11.2. The molecular formula is C21H16N2. The monoisotopic (exact) mass is 296 g/mol. The van der Waals surface area contributed by atoms with Gasteiger partial charge in [0.15, 0.2) is 0 Å². The first-order chi connectivity index (χ1) is 11.3. The number of fused-ring (bicyclic) bond motifs is 1. The van der Waals surface area contributed by atoms with Crippen LogP contribution in [0.25, 0.3) is 33.0 Å². The summed E-state index contributed by atoms with van der Waals surface area (Å²) in [5, 5.41) is 2.46. The summed E-state index contributed by atoms with van der Waals surface area (Å²) in [7, 11) is 0. The molecule has 4 aromatic rings. The molecule has 2 heteroatoms. The van der Waals surface area contributed by atoms with Crippen molar-refractivity contribution in [2.45, 2.75) is 0 Å². The van der Waals surface area contributed by atoms with E-state index in [2.05, 4.69) is 59.6 Å². The van der Waals surface area contributed by atoms with E-state index in [1.54, 1.807) is 6.20 Å². The lowest BCUT2D eigenvalue weighted by Gasteiger charge is -2.07. The zero-order valence-corrected chi connectivity index (χ0v) is 12.6. The number of nitrogens with zero attached hydrogens (tertiary/aromatic N) is 1. The Bertz CT molecular complexity index is 958. The average molecular weight is 296 g/mol. The summed E-state index contributed by atoms with van der Waals surface area (Å²) >= 11 is 0. The molecule has 1 heterocycles. The van der Waals surface area contributed by atoms with Crippen LogP contribution >= 0.6 is 0 Å². The van der Waals surface area contributed by atoms with Gasteiger partial charge in [0.05, 0.1) is 0 Å². The molecule has 0 spiro atoms. The number of benzene rings is 3. The van der Waals surface area contributed by atoms with Crippen molar-refractivity contribution < 1.29 is 0 Å². The molecule has 0 radical (unpaired) electrons. The minimum atomic E-state index is 0.786. The summed E-state index contributed by atoms with van der Waals surface area (Å²) in [6, 6.07) is 25.1. The Morgan fingerprint density at radius 2 is 1.26 bits per heavy atom. The number of anilines is 1. The Labute approximate surface area is 135 Å². The van der Waals surface area contributed by atoms with E-state index in [4.69, 9.17) is 5.73 Å². The first-order valence-corrected chi connectivity index (χ1v) is 7.60. The Hall–Kier alpha value is -3.13. The number of hydrogen-bond donors (Lipinski definition) is 1. The van der Waals surface area contributed by atoms with Crippen LogP contribution < -0.4 is 5.73 Å². The van der Waals surface area contributed by atoms with Crippen molar-refractivity contribution in [2.24, 2.45) is 0 Å². The molecular weight excluding hydrogens is 280 g/mol. The van der Waals surface area contributed by atoms with Crippen LogP contribution in [0, 0.1) is 0 Å². The molecule has 110 valence electrons. The Kier molecular flexibility index (Phi) is 3.28. The molecule has 0 atom stereocenters. The maximum absolute atomic E-state index is 5.77. The minimum Gasteiger partial charge on any atom is -0.399 e. The lowest BCUT2D eigenvalue weighted by molar-refractivity contribution is 1.33. The minimum absolute atomic E-state index is 0.786. The van der Waals surface area contributed by atoms with E-state index in [0.717, 1.165) is 11.3 Å². The summed E-state index contributed by atoms with van der Waals surface area (Å²) in [4.78, 5) is 4.20. The van der Waals surface area contributed by atoms with Gasteiger partial charge in [-0.05, 0) is 57.8 Å². The van der Waals surface area contributed by atoms with E-state index in [-0.39, 0.29) is 0 Å². The number of pyridine rings is 1. The van der Waals surface area contributed by atoms with Crippen molar-refractivity contribution in [3.63, 3.8) is 0 Å². The van der Waals surface area contributed by atoms with Gasteiger partial charge in [-0.1, -0.05) is 42.5 Å². The molecule has 0 saturated carbocycles. The fraction of sp³-hybridized carbons (Fsp3) is 0. The van der Waals surface area contributed by atoms with E-state index in [1.807, 2.05) is 24.4 Å². The molecule has 2 nitrogen and oxygen atoms in total. The van der Waals surface area contributed by atoms with Crippen molar-refractivity contribution in [3.05, 3.63) is 85.2 Å². The van der Waals surface area contributed by atoms with Crippen LogP contribution in [0.4, 0.5) is 5.69 Å². The highest BCUT2D eigenvalue weighted by molar-refractivity contribution is 5.90. The van der Waals surface area contributed by atoms with Gasteiger partial charge in [0, 0.05) is 23.6 Å². The summed E-state index contributed by atoms with van der Waals surface area (Å²) in [6.07, 6.45) is 3.69. The molecule has 0 aliphatic rings. The van der Waals surface area contributed by atoms with Crippen molar-refractivity contribution >= 4 is 16.5 Å². The molecule has 0 unspecified atom stereocenters. The first kappa shape index (κ1) is 13.5. The fourth-order valence-electron chi connectivity index (χ4n) is 2.81. The van der Waals surface area contributed by atoms with Crippen molar-refractivity contribution in [1.29, 1.82) is 0 Å². The van der Waals surface area contributed by atoms with Gasteiger partial charge in [0.1, 0.15) is 0 Å². The lowest BCUT2D eigenvalue weighted by Crippen LogP contribution is -1.85. The van der Waals surface area contributed by atoms with E-state index >= 15 is 0 Å². The second-order valence-electron chi connectivity index (χ2n) is 5.64. The molecule has 4 rings (SSSR count). The summed E-state index contributed by atoms with van der Waals surface area (Å²) < 4.78 is 0. The van der Waals surface area contributed by atoms with Gasteiger partial charge in [-0.15, -0.1) is 0 Å². The smallest absolute Gasteiger partial charge is 0.0346 e. The molecule has 0 aliphatic carbocycles. The van der Waals surface area contributed by atoms with Gasteiger partial charge in [-0.2, -0.15) is 0 Å². The highest BCUT2D eigenvalue weighted by atomic mass is 14.6.